The SMILES string of the molecule is Cc1ccccc1C(=O)N[C@@H]1CC[C@@H]1c1ccc(OC(F)(F)F)cc1. The summed E-state index contributed by atoms with van der Waals surface area (Å²) in [6.45, 7) is 1.88. The van der Waals surface area contributed by atoms with Crippen molar-refractivity contribution >= 4 is 5.91 Å². The van der Waals surface area contributed by atoms with Gasteiger partial charge in [0, 0.05) is 17.5 Å². The lowest BCUT2D eigenvalue weighted by Gasteiger charge is -2.37. The van der Waals surface area contributed by atoms with Gasteiger partial charge >= 0.3 is 6.36 Å². The molecule has 0 spiro atoms. The zero-order chi connectivity index (χ0) is 18.0. The highest BCUT2D eigenvalue weighted by molar-refractivity contribution is 5.95. The Bertz CT molecular complexity index is 756. The van der Waals surface area contributed by atoms with Gasteiger partial charge in [-0.2, -0.15) is 0 Å². The first-order valence-corrected chi connectivity index (χ1v) is 8.06. The fraction of sp³-hybridized carbons (Fsp3) is 0.316. The maximum Gasteiger partial charge on any atom is 0.573 e. The molecule has 1 aliphatic carbocycles. The summed E-state index contributed by atoms with van der Waals surface area (Å²) in [5, 5.41) is 3.02. The number of aryl methyl sites for hydroxylation is 1. The average Bonchev–Trinajstić information content (AvgIpc) is 2.52. The monoisotopic (exact) mass is 349 g/mol. The topological polar surface area (TPSA) is 38.3 Å². The van der Waals surface area contributed by atoms with Gasteiger partial charge in [0.05, 0.1) is 0 Å². The van der Waals surface area contributed by atoms with Crippen LogP contribution in [0.5, 0.6) is 5.75 Å². The van der Waals surface area contributed by atoms with Gasteiger partial charge in [0.2, 0.25) is 0 Å². The third kappa shape index (κ3) is 4.13. The van der Waals surface area contributed by atoms with E-state index in [1.54, 1.807) is 18.2 Å². The lowest BCUT2D eigenvalue weighted by atomic mass is 9.75. The molecular formula is C19H18F3NO2. The van der Waals surface area contributed by atoms with E-state index in [0.717, 1.165) is 24.0 Å². The smallest absolute Gasteiger partial charge is 0.406 e. The minimum absolute atomic E-state index is 0.0125. The highest BCUT2D eigenvalue weighted by Gasteiger charge is 2.34. The molecule has 0 aromatic heterocycles. The average molecular weight is 349 g/mol. The Morgan fingerprint density at radius 3 is 2.32 bits per heavy atom. The quantitative estimate of drug-likeness (QED) is 0.878. The first-order valence-electron chi connectivity index (χ1n) is 8.06. The molecule has 132 valence electrons. The van der Waals surface area contributed by atoms with Gasteiger partial charge in [0.1, 0.15) is 5.75 Å². The molecule has 1 fully saturated rings. The summed E-state index contributed by atoms with van der Waals surface area (Å²) in [6, 6.07) is 13.2. The zero-order valence-corrected chi connectivity index (χ0v) is 13.6. The Balaban J connectivity index is 1.64. The first kappa shape index (κ1) is 17.3. The molecule has 1 aliphatic rings. The van der Waals surface area contributed by atoms with Crippen LogP contribution in [0.25, 0.3) is 0 Å². The lowest BCUT2D eigenvalue weighted by molar-refractivity contribution is -0.274. The fourth-order valence-corrected chi connectivity index (χ4v) is 3.06. The third-order valence-corrected chi connectivity index (χ3v) is 4.52. The van der Waals surface area contributed by atoms with Crippen LogP contribution in [0.2, 0.25) is 0 Å². The number of amides is 1. The van der Waals surface area contributed by atoms with Crippen molar-refractivity contribution in [3.05, 3.63) is 65.2 Å². The maximum atomic E-state index is 12.4. The van der Waals surface area contributed by atoms with Crippen LogP contribution in [-0.2, 0) is 0 Å². The Hall–Kier alpha value is -2.50. The lowest BCUT2D eigenvalue weighted by Crippen LogP contribution is -2.45. The molecule has 1 saturated carbocycles. The predicted octanol–water partition coefficient (Wildman–Crippen LogP) is 4.57. The second-order valence-corrected chi connectivity index (χ2v) is 6.20. The molecule has 3 rings (SSSR count). The summed E-state index contributed by atoms with van der Waals surface area (Å²) in [5.74, 6) is -0.256. The number of rotatable bonds is 4. The molecule has 25 heavy (non-hydrogen) atoms. The van der Waals surface area contributed by atoms with E-state index in [1.165, 1.54) is 12.1 Å². The molecule has 0 radical (unpaired) electrons. The van der Waals surface area contributed by atoms with Crippen molar-refractivity contribution in [2.75, 3.05) is 0 Å². The van der Waals surface area contributed by atoms with Crippen molar-refractivity contribution in [2.24, 2.45) is 0 Å². The number of carbonyl (C=O) groups is 1. The number of benzene rings is 2. The van der Waals surface area contributed by atoms with Gasteiger partial charge in [-0.15, -0.1) is 13.2 Å². The second-order valence-electron chi connectivity index (χ2n) is 6.20. The highest BCUT2D eigenvalue weighted by atomic mass is 19.4. The van der Waals surface area contributed by atoms with Gasteiger partial charge in [-0.25, -0.2) is 0 Å². The van der Waals surface area contributed by atoms with E-state index < -0.39 is 6.36 Å². The fourth-order valence-electron chi connectivity index (χ4n) is 3.06. The molecular weight excluding hydrogens is 331 g/mol. The molecule has 0 bridgehead atoms. The largest absolute Gasteiger partial charge is 0.573 e. The molecule has 6 heteroatoms. The minimum atomic E-state index is -4.69. The van der Waals surface area contributed by atoms with Crippen molar-refractivity contribution < 1.29 is 22.7 Å². The number of hydrogen-bond donors (Lipinski definition) is 1. The molecule has 2 aromatic carbocycles. The van der Waals surface area contributed by atoms with Crippen LogP contribution in [0.4, 0.5) is 13.2 Å². The third-order valence-electron chi connectivity index (χ3n) is 4.52. The summed E-state index contributed by atoms with van der Waals surface area (Å²) >= 11 is 0. The minimum Gasteiger partial charge on any atom is -0.406 e. The van der Waals surface area contributed by atoms with Gasteiger partial charge in [0.15, 0.2) is 0 Å². The van der Waals surface area contributed by atoms with Gasteiger partial charge in [-0.1, -0.05) is 30.3 Å². The Kier molecular flexibility index (Phi) is 4.70. The van der Waals surface area contributed by atoms with Crippen LogP contribution in [0.1, 0.15) is 40.2 Å². The van der Waals surface area contributed by atoms with Crippen LogP contribution in [0, 0.1) is 6.92 Å². The number of alkyl halides is 3. The molecule has 0 aliphatic heterocycles. The Labute approximate surface area is 143 Å². The number of ether oxygens (including phenoxy) is 1. The van der Waals surface area contributed by atoms with Gasteiger partial charge in [-0.05, 0) is 49.1 Å². The van der Waals surface area contributed by atoms with E-state index >= 15 is 0 Å². The Morgan fingerprint density at radius 2 is 1.76 bits per heavy atom. The van der Waals surface area contributed by atoms with Crippen LogP contribution < -0.4 is 10.1 Å². The Morgan fingerprint density at radius 1 is 1.08 bits per heavy atom. The normalized spacial score (nSPS) is 19.8. The molecule has 2 aromatic rings. The molecule has 1 amide bonds. The standard InChI is InChI=1S/C19H18F3NO2/c1-12-4-2-3-5-15(12)18(24)23-17-11-10-16(17)13-6-8-14(9-7-13)25-19(20,21)22/h2-9,16-17H,10-11H2,1H3,(H,23,24)/t16-,17-/m1/s1. The van der Waals surface area contributed by atoms with E-state index in [2.05, 4.69) is 10.1 Å². The molecule has 3 nitrogen and oxygen atoms in total. The van der Waals surface area contributed by atoms with Crippen molar-refractivity contribution in [3.63, 3.8) is 0 Å². The van der Waals surface area contributed by atoms with Crippen LogP contribution in [-0.4, -0.2) is 18.3 Å². The second kappa shape index (κ2) is 6.78. The number of halogens is 3. The molecule has 0 heterocycles. The maximum absolute atomic E-state index is 12.4. The summed E-state index contributed by atoms with van der Waals surface area (Å²) in [7, 11) is 0. The van der Waals surface area contributed by atoms with Gasteiger partial charge in [0.25, 0.3) is 5.91 Å². The summed E-state index contributed by atoms with van der Waals surface area (Å²) in [6.07, 6.45) is -2.96. The van der Waals surface area contributed by atoms with Crippen LogP contribution >= 0.6 is 0 Å². The molecule has 1 N–H and O–H groups in total. The molecule has 0 unspecified atom stereocenters. The molecule has 2 atom stereocenters. The first-order chi connectivity index (χ1) is 11.8. The van der Waals surface area contributed by atoms with Gasteiger partial charge < -0.3 is 10.1 Å². The molecule has 0 saturated heterocycles. The number of nitrogens with one attached hydrogen (secondary N) is 1. The summed E-state index contributed by atoms with van der Waals surface area (Å²) < 4.78 is 40.5. The summed E-state index contributed by atoms with van der Waals surface area (Å²) in [4.78, 5) is 12.4. The highest BCUT2D eigenvalue weighted by Crippen LogP contribution is 2.38. The van der Waals surface area contributed by atoms with Gasteiger partial charge in [-0.3, -0.25) is 4.79 Å². The number of carbonyl (C=O) groups excluding carboxylic acids is 1. The van der Waals surface area contributed by atoms with E-state index in [1.807, 2.05) is 25.1 Å². The van der Waals surface area contributed by atoms with Crippen molar-refractivity contribution in [3.8, 4) is 5.75 Å². The summed E-state index contributed by atoms with van der Waals surface area (Å²) in [5.41, 5.74) is 2.45. The number of hydrogen-bond acceptors (Lipinski definition) is 2. The van der Waals surface area contributed by atoms with Crippen molar-refractivity contribution in [1.82, 2.24) is 5.32 Å². The van der Waals surface area contributed by atoms with Crippen LogP contribution in [0.3, 0.4) is 0 Å². The van der Waals surface area contributed by atoms with E-state index in [-0.39, 0.29) is 23.6 Å². The zero-order valence-electron chi connectivity index (χ0n) is 13.6. The van der Waals surface area contributed by atoms with E-state index in [9.17, 15) is 18.0 Å². The van der Waals surface area contributed by atoms with E-state index in [0.29, 0.717) is 5.56 Å². The van der Waals surface area contributed by atoms with Crippen LogP contribution in [0.15, 0.2) is 48.5 Å². The van der Waals surface area contributed by atoms with Crippen molar-refractivity contribution in [2.45, 2.75) is 38.1 Å². The van der Waals surface area contributed by atoms with E-state index in [4.69, 9.17) is 0 Å². The predicted molar refractivity (Wildman–Crippen MR) is 87.5 cm³/mol. The van der Waals surface area contributed by atoms with Crippen molar-refractivity contribution in [1.29, 1.82) is 0 Å².